The van der Waals surface area contributed by atoms with Gasteiger partial charge in [-0.15, -0.1) is 11.3 Å². The fourth-order valence-corrected chi connectivity index (χ4v) is 3.15. The minimum Gasteiger partial charge on any atom is -0.506 e. The van der Waals surface area contributed by atoms with Gasteiger partial charge in [0.05, 0.1) is 28.6 Å². The van der Waals surface area contributed by atoms with Gasteiger partial charge in [0, 0.05) is 22.5 Å². The number of carbonyl (C=O) groups is 1. The van der Waals surface area contributed by atoms with E-state index < -0.39 is 0 Å². The lowest BCUT2D eigenvalue weighted by Gasteiger charge is -2.09. The third-order valence-electron chi connectivity index (χ3n) is 3.72. The lowest BCUT2D eigenvalue weighted by atomic mass is 10.0. The summed E-state index contributed by atoms with van der Waals surface area (Å²) in [4.78, 5) is 20.6. The smallest absolute Gasteiger partial charge is 0.275 e. The molecule has 0 aliphatic rings. The number of pyridine rings is 1. The zero-order valence-electron chi connectivity index (χ0n) is 13.1. The van der Waals surface area contributed by atoms with Crippen molar-refractivity contribution >= 4 is 33.8 Å². The van der Waals surface area contributed by atoms with Gasteiger partial charge in [-0.3, -0.25) is 14.9 Å². The summed E-state index contributed by atoms with van der Waals surface area (Å²) >= 11 is 1.42. The third kappa shape index (κ3) is 2.94. The van der Waals surface area contributed by atoms with Gasteiger partial charge in [-0.05, 0) is 30.7 Å². The Labute approximate surface area is 146 Å². The molecule has 7 nitrogen and oxygen atoms in total. The van der Waals surface area contributed by atoms with Crippen LogP contribution in [0.1, 0.15) is 15.5 Å². The number of aryl methyl sites for hydroxylation is 1. The Morgan fingerprint density at radius 1 is 1.20 bits per heavy atom. The van der Waals surface area contributed by atoms with Crippen LogP contribution in [0.4, 0.5) is 5.69 Å². The number of aromatic nitrogens is 4. The minimum absolute atomic E-state index is 0.0748. The first kappa shape index (κ1) is 15.3. The Balaban J connectivity index is 1.77. The number of rotatable bonds is 3. The second kappa shape index (κ2) is 5.99. The van der Waals surface area contributed by atoms with E-state index in [1.54, 1.807) is 23.8 Å². The van der Waals surface area contributed by atoms with Crippen LogP contribution >= 0.6 is 11.3 Å². The van der Waals surface area contributed by atoms with Crippen LogP contribution in [0, 0.1) is 6.92 Å². The first-order valence-electron chi connectivity index (χ1n) is 7.45. The summed E-state index contributed by atoms with van der Waals surface area (Å²) in [5.41, 5.74) is 3.29. The molecule has 3 N–H and O–H groups in total. The Morgan fingerprint density at radius 3 is 2.84 bits per heavy atom. The lowest BCUT2D eigenvalue weighted by molar-refractivity contribution is 0.102. The molecule has 1 aromatic carbocycles. The van der Waals surface area contributed by atoms with Crippen molar-refractivity contribution in [2.24, 2.45) is 0 Å². The maximum absolute atomic E-state index is 12.4. The number of fused-ring (bicyclic) bond motifs is 1. The highest BCUT2D eigenvalue weighted by atomic mass is 32.1. The summed E-state index contributed by atoms with van der Waals surface area (Å²) in [6.45, 7) is 1.85. The number of nitrogens with one attached hydrogen (secondary N) is 2. The number of nitrogens with zero attached hydrogens (tertiary/aromatic N) is 3. The maximum atomic E-state index is 12.4. The van der Waals surface area contributed by atoms with Gasteiger partial charge in [0.2, 0.25) is 0 Å². The van der Waals surface area contributed by atoms with Crippen molar-refractivity contribution in [3.05, 3.63) is 52.9 Å². The molecule has 0 aliphatic carbocycles. The largest absolute Gasteiger partial charge is 0.506 e. The van der Waals surface area contributed by atoms with Crippen molar-refractivity contribution in [2.45, 2.75) is 6.92 Å². The van der Waals surface area contributed by atoms with E-state index in [2.05, 4.69) is 25.5 Å². The molecule has 0 spiro atoms. The Morgan fingerprint density at radius 2 is 2.08 bits per heavy atom. The molecule has 0 bridgehead atoms. The molecular formula is C17H13N5O2S. The summed E-state index contributed by atoms with van der Waals surface area (Å²) in [6, 6.07) is 5.33. The van der Waals surface area contributed by atoms with Crippen LogP contribution in [0.15, 0.2) is 42.2 Å². The standard InChI is InChI=1S/C17H13N5O2S/c1-9-20-16(8-25-9)17(24)21-14-3-10(4-15-13(14)7-19-22-15)11-2-12(23)6-18-5-11/h2-8,23H,1H3,(H,19,22)(H,21,24). The Hall–Kier alpha value is -3.26. The highest BCUT2D eigenvalue weighted by Crippen LogP contribution is 2.31. The zero-order chi connectivity index (χ0) is 17.4. The van der Waals surface area contributed by atoms with E-state index in [-0.39, 0.29) is 11.7 Å². The van der Waals surface area contributed by atoms with E-state index >= 15 is 0 Å². The topological polar surface area (TPSA) is 104 Å². The van der Waals surface area contributed by atoms with Gasteiger partial charge in [0.15, 0.2) is 0 Å². The summed E-state index contributed by atoms with van der Waals surface area (Å²) in [7, 11) is 0. The Bertz CT molecular complexity index is 1090. The molecule has 0 radical (unpaired) electrons. The molecule has 4 aromatic rings. The summed E-state index contributed by atoms with van der Waals surface area (Å²) in [5, 5.41) is 22.8. The van der Waals surface area contributed by atoms with E-state index in [1.807, 2.05) is 19.1 Å². The molecule has 0 saturated heterocycles. The lowest BCUT2D eigenvalue weighted by Crippen LogP contribution is -2.12. The molecule has 0 atom stereocenters. The van der Waals surface area contributed by atoms with Crippen LogP contribution in [-0.2, 0) is 0 Å². The predicted octanol–water partition coefficient (Wildman–Crippen LogP) is 3.35. The van der Waals surface area contributed by atoms with E-state index in [4.69, 9.17) is 0 Å². The first-order valence-corrected chi connectivity index (χ1v) is 8.33. The fraction of sp³-hybridized carbons (Fsp3) is 0.0588. The average molecular weight is 351 g/mol. The quantitative estimate of drug-likeness (QED) is 0.525. The molecule has 8 heteroatoms. The van der Waals surface area contributed by atoms with Crippen molar-refractivity contribution in [3.63, 3.8) is 0 Å². The van der Waals surface area contributed by atoms with Crippen LogP contribution in [0.3, 0.4) is 0 Å². The second-order valence-corrected chi connectivity index (χ2v) is 6.55. The molecule has 25 heavy (non-hydrogen) atoms. The molecule has 0 unspecified atom stereocenters. The number of thiazole rings is 1. The molecule has 3 heterocycles. The van der Waals surface area contributed by atoms with Gasteiger partial charge < -0.3 is 10.4 Å². The summed E-state index contributed by atoms with van der Waals surface area (Å²) in [6.07, 6.45) is 4.67. The number of carbonyl (C=O) groups excluding carboxylic acids is 1. The molecule has 0 aliphatic heterocycles. The molecule has 1 amide bonds. The molecule has 4 rings (SSSR count). The van der Waals surface area contributed by atoms with Crippen LogP contribution < -0.4 is 5.32 Å². The van der Waals surface area contributed by atoms with E-state index in [0.29, 0.717) is 11.4 Å². The number of amides is 1. The van der Waals surface area contributed by atoms with Crippen molar-refractivity contribution in [1.29, 1.82) is 0 Å². The molecule has 124 valence electrons. The van der Waals surface area contributed by atoms with E-state index in [1.165, 1.54) is 17.5 Å². The summed E-state index contributed by atoms with van der Waals surface area (Å²) in [5.74, 6) is -0.205. The monoisotopic (exact) mass is 351 g/mol. The number of benzene rings is 1. The Kier molecular flexibility index (Phi) is 3.66. The first-order chi connectivity index (χ1) is 12.1. The van der Waals surface area contributed by atoms with Crippen molar-refractivity contribution in [1.82, 2.24) is 20.2 Å². The normalized spacial score (nSPS) is 10.9. The maximum Gasteiger partial charge on any atom is 0.275 e. The van der Waals surface area contributed by atoms with E-state index in [0.717, 1.165) is 27.0 Å². The number of anilines is 1. The van der Waals surface area contributed by atoms with Gasteiger partial charge in [-0.25, -0.2) is 4.98 Å². The molecular weight excluding hydrogens is 338 g/mol. The van der Waals surface area contributed by atoms with E-state index in [9.17, 15) is 9.90 Å². The predicted molar refractivity (Wildman–Crippen MR) is 95.8 cm³/mol. The van der Waals surface area contributed by atoms with Crippen LogP contribution in [0.5, 0.6) is 5.75 Å². The van der Waals surface area contributed by atoms with Crippen molar-refractivity contribution in [3.8, 4) is 16.9 Å². The second-order valence-electron chi connectivity index (χ2n) is 5.49. The van der Waals surface area contributed by atoms with Gasteiger partial charge in [-0.2, -0.15) is 5.10 Å². The van der Waals surface area contributed by atoms with Crippen LogP contribution in [0.2, 0.25) is 0 Å². The molecule has 0 fully saturated rings. The number of aromatic hydroxyl groups is 1. The van der Waals surface area contributed by atoms with Gasteiger partial charge in [-0.1, -0.05) is 0 Å². The number of hydrogen-bond donors (Lipinski definition) is 3. The molecule has 3 aromatic heterocycles. The number of aromatic amines is 1. The van der Waals surface area contributed by atoms with Crippen LogP contribution in [0.25, 0.3) is 22.0 Å². The van der Waals surface area contributed by atoms with Crippen molar-refractivity contribution in [2.75, 3.05) is 5.32 Å². The van der Waals surface area contributed by atoms with Gasteiger partial charge >= 0.3 is 0 Å². The zero-order valence-corrected chi connectivity index (χ0v) is 14.0. The summed E-state index contributed by atoms with van der Waals surface area (Å²) < 4.78 is 0. The third-order valence-corrected chi connectivity index (χ3v) is 4.49. The number of hydrogen-bond acceptors (Lipinski definition) is 6. The van der Waals surface area contributed by atoms with Gasteiger partial charge in [0.25, 0.3) is 5.91 Å². The number of H-pyrrole nitrogens is 1. The van der Waals surface area contributed by atoms with Crippen molar-refractivity contribution < 1.29 is 9.90 Å². The minimum atomic E-state index is -0.280. The molecule has 0 saturated carbocycles. The fourth-order valence-electron chi connectivity index (χ4n) is 2.56. The highest BCUT2D eigenvalue weighted by Gasteiger charge is 2.14. The van der Waals surface area contributed by atoms with Gasteiger partial charge in [0.1, 0.15) is 11.4 Å². The highest BCUT2D eigenvalue weighted by molar-refractivity contribution is 7.09. The van der Waals surface area contributed by atoms with Crippen LogP contribution in [-0.4, -0.2) is 31.2 Å². The SMILES string of the molecule is Cc1nc(C(=O)Nc2cc(-c3cncc(O)c3)cc3[nH]ncc23)cs1. The average Bonchev–Trinajstić information content (AvgIpc) is 3.23.